The van der Waals surface area contributed by atoms with Crippen molar-refractivity contribution >= 4 is 0 Å². The van der Waals surface area contributed by atoms with Crippen LogP contribution in [0.3, 0.4) is 0 Å². The molecular weight excluding hydrogens is 280 g/mol. The molecule has 0 radical (unpaired) electrons. The van der Waals surface area contributed by atoms with Crippen LogP contribution in [0.4, 0.5) is 0 Å². The molecule has 4 rings (SSSR count). The minimum absolute atomic E-state index is 0.636. The molecule has 0 N–H and O–H groups in total. The van der Waals surface area contributed by atoms with Crippen molar-refractivity contribution in [2.75, 3.05) is 13.7 Å². The van der Waals surface area contributed by atoms with Gasteiger partial charge < -0.3 is 4.74 Å². The van der Waals surface area contributed by atoms with Gasteiger partial charge in [-0.15, -0.1) is 0 Å². The first kappa shape index (κ1) is 16.4. The van der Waals surface area contributed by atoms with E-state index in [2.05, 4.69) is 13.8 Å². The zero-order valence-corrected chi connectivity index (χ0v) is 15.8. The molecule has 1 nitrogen and oxygen atoms in total. The van der Waals surface area contributed by atoms with Crippen LogP contribution in [0.1, 0.15) is 84.5 Å². The average Bonchev–Trinajstić information content (AvgIpc) is 2.89. The van der Waals surface area contributed by atoms with Gasteiger partial charge in [-0.05, 0) is 98.2 Å². The molecule has 0 amide bonds. The fourth-order valence-corrected chi connectivity index (χ4v) is 8.14. The van der Waals surface area contributed by atoms with E-state index in [1.54, 1.807) is 12.8 Å². The van der Waals surface area contributed by atoms with E-state index in [0.29, 0.717) is 10.8 Å². The maximum absolute atomic E-state index is 5.42. The van der Waals surface area contributed by atoms with E-state index in [-0.39, 0.29) is 0 Å². The molecule has 4 fully saturated rings. The predicted octanol–water partition coefficient (Wildman–Crippen LogP) is 6.07. The van der Waals surface area contributed by atoms with Crippen LogP contribution in [0.15, 0.2) is 0 Å². The minimum Gasteiger partial charge on any atom is -0.385 e. The summed E-state index contributed by atoms with van der Waals surface area (Å²) in [7, 11) is 1.87. The van der Waals surface area contributed by atoms with Gasteiger partial charge >= 0.3 is 0 Å². The third kappa shape index (κ3) is 2.43. The molecule has 0 bridgehead atoms. The molecule has 0 saturated heterocycles. The van der Waals surface area contributed by atoms with Crippen molar-refractivity contribution in [3.8, 4) is 0 Å². The summed E-state index contributed by atoms with van der Waals surface area (Å²) in [4.78, 5) is 0. The van der Waals surface area contributed by atoms with E-state index in [4.69, 9.17) is 4.74 Å². The smallest absolute Gasteiger partial charge is 0.0465 e. The van der Waals surface area contributed by atoms with Crippen LogP contribution in [0.5, 0.6) is 0 Å². The zero-order valence-electron chi connectivity index (χ0n) is 15.8. The molecule has 7 atom stereocenters. The Morgan fingerprint density at radius 1 is 0.826 bits per heavy atom. The van der Waals surface area contributed by atoms with Crippen LogP contribution in [-0.4, -0.2) is 13.7 Å². The molecule has 4 aliphatic carbocycles. The largest absolute Gasteiger partial charge is 0.385 e. The fourth-order valence-electron chi connectivity index (χ4n) is 8.14. The van der Waals surface area contributed by atoms with E-state index in [9.17, 15) is 0 Å². The highest BCUT2D eigenvalue weighted by Crippen LogP contribution is 2.67. The molecule has 0 aromatic carbocycles. The topological polar surface area (TPSA) is 9.23 Å². The van der Waals surface area contributed by atoms with Crippen molar-refractivity contribution < 1.29 is 4.74 Å². The van der Waals surface area contributed by atoms with Crippen molar-refractivity contribution in [1.29, 1.82) is 0 Å². The first-order chi connectivity index (χ1) is 11.1. The summed E-state index contributed by atoms with van der Waals surface area (Å²) in [5, 5.41) is 0. The van der Waals surface area contributed by atoms with Crippen molar-refractivity contribution in [2.45, 2.75) is 84.5 Å². The molecule has 0 aromatic heterocycles. The van der Waals surface area contributed by atoms with Gasteiger partial charge in [-0.3, -0.25) is 0 Å². The number of ether oxygens (including phenoxy) is 1. The van der Waals surface area contributed by atoms with Crippen LogP contribution >= 0.6 is 0 Å². The Balaban J connectivity index is 1.55. The lowest BCUT2D eigenvalue weighted by atomic mass is 9.45. The Hall–Kier alpha value is -0.0400. The van der Waals surface area contributed by atoms with Gasteiger partial charge in [0.05, 0.1) is 0 Å². The van der Waals surface area contributed by atoms with Gasteiger partial charge in [0.1, 0.15) is 0 Å². The van der Waals surface area contributed by atoms with Crippen molar-refractivity contribution in [2.24, 2.45) is 40.4 Å². The Morgan fingerprint density at radius 3 is 2.48 bits per heavy atom. The van der Waals surface area contributed by atoms with E-state index in [0.717, 1.165) is 36.2 Å². The van der Waals surface area contributed by atoms with Gasteiger partial charge in [0, 0.05) is 13.7 Å². The molecule has 1 heteroatoms. The van der Waals surface area contributed by atoms with Gasteiger partial charge in [-0.25, -0.2) is 0 Å². The normalized spacial score (nSPS) is 52.6. The van der Waals surface area contributed by atoms with Gasteiger partial charge in [0.25, 0.3) is 0 Å². The molecule has 1 unspecified atom stereocenters. The minimum atomic E-state index is 0.636. The Morgan fingerprint density at radius 2 is 1.65 bits per heavy atom. The van der Waals surface area contributed by atoms with Crippen molar-refractivity contribution in [1.82, 2.24) is 0 Å². The molecule has 0 aliphatic heterocycles. The first-order valence-electron chi connectivity index (χ1n) is 10.6. The van der Waals surface area contributed by atoms with Crippen LogP contribution in [0.25, 0.3) is 0 Å². The molecule has 4 saturated carbocycles. The van der Waals surface area contributed by atoms with Gasteiger partial charge in [0.15, 0.2) is 0 Å². The molecule has 0 heterocycles. The van der Waals surface area contributed by atoms with E-state index in [1.165, 1.54) is 57.8 Å². The summed E-state index contributed by atoms with van der Waals surface area (Å²) in [6, 6.07) is 0. The Bertz CT molecular complexity index is 432. The van der Waals surface area contributed by atoms with Crippen molar-refractivity contribution in [3.63, 3.8) is 0 Å². The summed E-state index contributed by atoms with van der Waals surface area (Å²) < 4.78 is 5.42. The number of methoxy groups -OCH3 is 1. The summed E-state index contributed by atoms with van der Waals surface area (Å²) in [6.45, 7) is 6.34. The highest BCUT2D eigenvalue weighted by molar-refractivity contribution is 5.08. The number of hydrogen-bond donors (Lipinski definition) is 0. The predicted molar refractivity (Wildman–Crippen MR) is 96.3 cm³/mol. The Kier molecular flexibility index (Phi) is 4.32. The number of fused-ring (bicyclic) bond motifs is 5. The fraction of sp³-hybridized carbons (Fsp3) is 1.00. The molecule has 4 aliphatic rings. The summed E-state index contributed by atoms with van der Waals surface area (Å²) in [5.41, 5.74) is 1.34. The van der Waals surface area contributed by atoms with Crippen LogP contribution in [0.2, 0.25) is 0 Å². The second kappa shape index (κ2) is 6.04. The lowest BCUT2D eigenvalue weighted by Crippen LogP contribution is -2.52. The lowest BCUT2D eigenvalue weighted by molar-refractivity contribution is -0.112. The standard InChI is InChI=1S/C22H38O/c1-21-13-5-4-6-16(21)7-9-18-19-10-8-17(12-15-23-3)22(19,2)14-11-20(18)21/h16-20H,4-15H2,1-3H3/t16?,17-,18+,19+,20+,21+,22-/m1/s1. The maximum Gasteiger partial charge on any atom is 0.0465 e. The first-order valence-corrected chi connectivity index (χ1v) is 10.6. The highest BCUT2D eigenvalue weighted by Gasteiger charge is 2.59. The Labute approximate surface area is 143 Å². The average molecular weight is 319 g/mol. The van der Waals surface area contributed by atoms with Gasteiger partial charge in [0.2, 0.25) is 0 Å². The molecule has 23 heavy (non-hydrogen) atoms. The summed E-state index contributed by atoms with van der Waals surface area (Å²) >= 11 is 0. The van der Waals surface area contributed by atoms with E-state index >= 15 is 0 Å². The summed E-state index contributed by atoms with van der Waals surface area (Å²) in [6.07, 6.45) is 16.6. The third-order valence-electron chi connectivity index (χ3n) is 9.45. The highest BCUT2D eigenvalue weighted by atomic mass is 16.5. The second-order valence-corrected chi connectivity index (χ2v) is 10.0. The number of hydrogen-bond acceptors (Lipinski definition) is 1. The molecule has 132 valence electrons. The molecule has 0 aromatic rings. The van der Waals surface area contributed by atoms with Crippen LogP contribution in [0, 0.1) is 40.4 Å². The van der Waals surface area contributed by atoms with E-state index in [1.807, 2.05) is 7.11 Å². The van der Waals surface area contributed by atoms with Crippen LogP contribution in [-0.2, 0) is 4.74 Å². The monoisotopic (exact) mass is 318 g/mol. The zero-order chi connectivity index (χ0) is 16.1. The molecular formula is C22H38O. The SMILES string of the molecule is COCC[C@H]1CC[C@H]2[C@@H]3CCC4CCCC[C@]4(C)[C@H]3CC[C@]12C. The lowest BCUT2D eigenvalue weighted by Gasteiger charge is -2.60. The van der Waals surface area contributed by atoms with Gasteiger partial charge in [-0.2, -0.15) is 0 Å². The van der Waals surface area contributed by atoms with E-state index < -0.39 is 0 Å². The second-order valence-electron chi connectivity index (χ2n) is 10.0. The van der Waals surface area contributed by atoms with Crippen molar-refractivity contribution in [3.05, 3.63) is 0 Å². The molecule has 0 spiro atoms. The third-order valence-corrected chi connectivity index (χ3v) is 9.45. The van der Waals surface area contributed by atoms with Gasteiger partial charge in [-0.1, -0.05) is 26.7 Å². The number of rotatable bonds is 3. The quantitative estimate of drug-likeness (QED) is 0.613. The summed E-state index contributed by atoms with van der Waals surface area (Å²) in [5.74, 6) is 5.14. The maximum atomic E-state index is 5.42. The van der Waals surface area contributed by atoms with Crippen LogP contribution < -0.4 is 0 Å².